The summed E-state index contributed by atoms with van der Waals surface area (Å²) in [4.78, 5) is 0. The smallest absolute Gasteiger partial charge is 0.417 e. The van der Waals surface area contributed by atoms with Crippen molar-refractivity contribution >= 4 is 7.67 Å². The van der Waals surface area contributed by atoms with Crippen molar-refractivity contribution in [2.24, 2.45) is 0 Å². The van der Waals surface area contributed by atoms with Crippen LogP contribution in [0.1, 0.15) is 0 Å². The van der Waals surface area contributed by atoms with Gasteiger partial charge in [0.05, 0.1) is 42.3 Å². The van der Waals surface area contributed by atoms with Crippen molar-refractivity contribution in [2.45, 2.75) is 0 Å². The fourth-order valence-electron chi connectivity index (χ4n) is 1.48. The molecule has 0 radical (unpaired) electrons. The first kappa shape index (κ1) is 16.1. The Morgan fingerprint density at radius 3 is 1.68 bits per heavy atom. The van der Waals surface area contributed by atoms with Crippen molar-refractivity contribution in [1.29, 1.82) is 0 Å². The maximum absolute atomic E-state index is 12.9. The molecular weight excluding hydrogens is 263 g/mol. The lowest BCUT2D eigenvalue weighted by Crippen LogP contribution is -2.55. The summed E-state index contributed by atoms with van der Waals surface area (Å²) in [6.07, 6.45) is 0. The van der Waals surface area contributed by atoms with E-state index in [9.17, 15) is 4.57 Å². The fourth-order valence-corrected chi connectivity index (χ4v) is 3.61. The molecule has 0 unspecified atom stereocenters. The van der Waals surface area contributed by atoms with Crippen LogP contribution in [0.5, 0.6) is 5.75 Å². The Labute approximate surface area is 115 Å². The Hall–Kier alpha value is -0.910. The van der Waals surface area contributed by atoms with E-state index in [0.717, 1.165) is 0 Å². The molecule has 6 nitrogen and oxygen atoms in total. The normalized spacial score (nSPS) is 13.4. The number of quaternary nitrogens is 2. The molecule has 0 bridgehead atoms. The van der Waals surface area contributed by atoms with Crippen LogP contribution >= 0.6 is 7.67 Å². The molecule has 1 rings (SSSR count). The van der Waals surface area contributed by atoms with Crippen LogP contribution < -0.4 is 14.9 Å². The van der Waals surface area contributed by atoms with Crippen LogP contribution in [0, 0.1) is 0 Å². The number of benzene rings is 1. The summed E-state index contributed by atoms with van der Waals surface area (Å²) in [5.41, 5.74) is 0. The average molecular weight is 288 g/mol. The highest BCUT2D eigenvalue weighted by molar-refractivity contribution is 7.54. The monoisotopic (exact) mass is 288 g/mol. The minimum Gasteiger partial charge on any atom is -0.417 e. The van der Waals surface area contributed by atoms with Gasteiger partial charge in [0.25, 0.3) is 0 Å². The zero-order valence-corrected chi connectivity index (χ0v) is 13.4. The molecular formula is C12H25N4O2P+2. The zero-order chi connectivity index (χ0) is 14.7. The second-order valence-electron chi connectivity index (χ2n) is 6.18. The second kappa shape index (κ2) is 5.61. The molecule has 0 heterocycles. The third kappa shape index (κ3) is 6.71. The van der Waals surface area contributed by atoms with Gasteiger partial charge in [0.2, 0.25) is 0 Å². The Kier molecular flexibility index (Phi) is 4.76. The molecule has 0 amide bonds. The van der Waals surface area contributed by atoms with Crippen LogP contribution in [0.25, 0.3) is 0 Å². The molecule has 0 saturated heterocycles. The van der Waals surface area contributed by atoms with Crippen molar-refractivity contribution in [3.63, 3.8) is 0 Å². The van der Waals surface area contributed by atoms with Gasteiger partial charge in [0.1, 0.15) is 5.75 Å². The van der Waals surface area contributed by atoms with Gasteiger partial charge in [-0.05, 0) is 12.1 Å². The van der Waals surface area contributed by atoms with E-state index >= 15 is 0 Å². The number of para-hydroxylation sites is 1. The Bertz CT molecular complexity index is 431. The van der Waals surface area contributed by atoms with Crippen LogP contribution in [0.2, 0.25) is 0 Å². The van der Waals surface area contributed by atoms with Crippen LogP contribution in [0.4, 0.5) is 0 Å². The molecule has 1 aromatic carbocycles. The lowest BCUT2D eigenvalue weighted by Gasteiger charge is -2.33. The first-order chi connectivity index (χ1) is 8.49. The van der Waals surface area contributed by atoms with E-state index in [1.165, 1.54) is 0 Å². The van der Waals surface area contributed by atoms with Crippen molar-refractivity contribution in [1.82, 2.24) is 10.4 Å². The lowest BCUT2D eigenvalue weighted by molar-refractivity contribution is -0.914. The molecule has 19 heavy (non-hydrogen) atoms. The highest BCUT2D eigenvalue weighted by Gasteiger charge is 2.37. The minimum absolute atomic E-state index is 0.317. The van der Waals surface area contributed by atoms with Crippen LogP contribution in [-0.4, -0.2) is 51.5 Å². The van der Waals surface area contributed by atoms with Gasteiger partial charge in [-0.15, -0.1) is 0 Å². The third-order valence-electron chi connectivity index (χ3n) is 1.84. The number of hydrogen-bond acceptors (Lipinski definition) is 2. The molecule has 0 aliphatic carbocycles. The van der Waals surface area contributed by atoms with Crippen molar-refractivity contribution in [2.75, 3.05) is 42.3 Å². The Morgan fingerprint density at radius 2 is 1.32 bits per heavy atom. The second-order valence-corrected chi connectivity index (χ2v) is 7.87. The molecule has 1 aromatic rings. The highest BCUT2D eigenvalue weighted by atomic mass is 31.2. The molecule has 0 fully saturated rings. The molecule has 0 saturated carbocycles. The first-order valence-corrected chi connectivity index (χ1v) is 7.68. The van der Waals surface area contributed by atoms with Gasteiger partial charge in [-0.2, -0.15) is 0 Å². The van der Waals surface area contributed by atoms with Gasteiger partial charge in [-0.25, -0.2) is 13.7 Å². The number of hydrogen-bond donors (Lipinski definition) is 2. The predicted molar refractivity (Wildman–Crippen MR) is 77.0 cm³/mol. The maximum atomic E-state index is 12.9. The largest absolute Gasteiger partial charge is 0.478 e. The van der Waals surface area contributed by atoms with Crippen molar-refractivity contribution in [3.05, 3.63) is 30.3 Å². The quantitative estimate of drug-likeness (QED) is 0.474. The summed E-state index contributed by atoms with van der Waals surface area (Å²) in [5, 5.41) is 5.96. The summed E-state index contributed by atoms with van der Waals surface area (Å²) >= 11 is 0. The van der Waals surface area contributed by atoms with Gasteiger partial charge < -0.3 is 4.52 Å². The number of nitrogens with one attached hydrogen (secondary N) is 2. The highest BCUT2D eigenvalue weighted by Crippen LogP contribution is 2.40. The van der Waals surface area contributed by atoms with E-state index in [4.69, 9.17) is 4.52 Å². The van der Waals surface area contributed by atoms with Gasteiger partial charge in [0.15, 0.2) is 0 Å². The van der Waals surface area contributed by atoms with E-state index in [1.54, 1.807) is 12.1 Å². The Morgan fingerprint density at radius 1 is 0.895 bits per heavy atom. The number of nitrogens with zero attached hydrogens (tertiary/aromatic N) is 2. The maximum Gasteiger partial charge on any atom is 0.478 e. The van der Waals surface area contributed by atoms with E-state index in [1.807, 2.05) is 60.5 Å². The van der Waals surface area contributed by atoms with E-state index in [-0.39, 0.29) is 0 Å². The standard InChI is InChI=1S/C12H25N4O2P/c1-15(2,3)13-19(17,14-16(4,5)6)18-12-10-8-7-9-11-12/h7-11H,1-6H3,(H2,13,14,17)/q+2. The summed E-state index contributed by atoms with van der Waals surface area (Å²) in [6, 6.07) is 9.13. The fraction of sp³-hybridized carbons (Fsp3) is 0.500. The van der Waals surface area contributed by atoms with Crippen LogP contribution in [0.15, 0.2) is 30.3 Å². The molecule has 7 heteroatoms. The van der Waals surface area contributed by atoms with Crippen LogP contribution in [0.3, 0.4) is 0 Å². The average Bonchev–Trinajstić information content (AvgIpc) is 2.11. The van der Waals surface area contributed by atoms with Crippen LogP contribution in [-0.2, 0) is 4.57 Å². The van der Waals surface area contributed by atoms with E-state index < -0.39 is 7.67 Å². The molecule has 0 spiro atoms. The Balaban J connectivity index is 2.96. The van der Waals surface area contributed by atoms with E-state index in [2.05, 4.69) is 10.4 Å². The molecule has 2 N–H and O–H groups in total. The summed E-state index contributed by atoms with van der Waals surface area (Å²) in [5.74, 6) is 0.563. The van der Waals surface area contributed by atoms with Gasteiger partial charge in [-0.3, -0.25) is 0 Å². The van der Waals surface area contributed by atoms with Gasteiger partial charge in [0, 0.05) is 0 Å². The van der Waals surface area contributed by atoms with E-state index in [0.29, 0.717) is 14.9 Å². The van der Waals surface area contributed by atoms with Crippen molar-refractivity contribution in [3.8, 4) is 5.75 Å². The topological polar surface area (TPSA) is 50.4 Å². The molecule has 0 atom stereocenters. The summed E-state index contributed by atoms with van der Waals surface area (Å²) in [7, 11) is 8.08. The van der Waals surface area contributed by atoms with Gasteiger partial charge >= 0.3 is 7.67 Å². The molecule has 0 aromatic heterocycles. The lowest BCUT2D eigenvalue weighted by atomic mass is 10.3. The SMILES string of the molecule is C[N+](C)(C)NP(=O)(N[N+](C)(C)C)Oc1ccccc1. The van der Waals surface area contributed by atoms with Gasteiger partial charge in [-0.1, -0.05) is 28.6 Å². The zero-order valence-electron chi connectivity index (χ0n) is 12.5. The molecule has 108 valence electrons. The third-order valence-corrected chi connectivity index (χ3v) is 4.03. The minimum atomic E-state index is -3.24. The summed E-state index contributed by atoms with van der Waals surface area (Å²) < 4.78 is 19.2. The summed E-state index contributed by atoms with van der Waals surface area (Å²) in [6.45, 7) is 0. The predicted octanol–water partition coefficient (Wildman–Crippen LogP) is 1.60. The molecule has 0 aliphatic rings. The number of rotatable bonds is 6. The van der Waals surface area contributed by atoms with Crippen molar-refractivity contribution < 1.29 is 18.3 Å². The molecule has 0 aliphatic heterocycles. The first-order valence-electron chi connectivity index (χ1n) is 6.06.